The Labute approximate surface area is 70.0 Å². The largest absolute Gasteiger partial charge is 0.320 e. The van der Waals surface area contributed by atoms with E-state index in [2.05, 4.69) is 22.7 Å². The highest BCUT2D eigenvalue weighted by Gasteiger charge is 2.27. The Morgan fingerprint density at radius 3 is 2.55 bits per heavy atom. The molecule has 62 valence electrons. The highest BCUT2D eigenvalue weighted by atomic mass is 32.1. The Balaban J connectivity index is 4.37. The second-order valence-electron chi connectivity index (χ2n) is 2.66. The van der Waals surface area contributed by atoms with E-state index in [1.165, 1.54) is 0 Å². The van der Waals surface area contributed by atoms with Crippen molar-refractivity contribution in [3.63, 3.8) is 0 Å². The average molecular weight is 174 g/mol. The number of azide groups is 1. The molecule has 0 aliphatic heterocycles. The highest BCUT2D eigenvalue weighted by Crippen LogP contribution is 2.16. The summed E-state index contributed by atoms with van der Waals surface area (Å²) < 4.78 is -0.661. The molecule has 5 nitrogen and oxygen atoms in total. The lowest BCUT2D eigenvalue weighted by Crippen LogP contribution is -2.44. The molecule has 6 heteroatoms. The third-order valence-corrected chi connectivity index (χ3v) is 1.45. The predicted octanol–water partition coefficient (Wildman–Crippen LogP) is 0.859. The maximum Gasteiger partial charge on any atom is 0.236 e. The molecule has 0 bridgehead atoms. The van der Waals surface area contributed by atoms with Gasteiger partial charge in [0.05, 0.1) is 6.04 Å². The fraction of sp³-hybridized carbons (Fsp3) is 0.800. The number of thiol groups is 1. The molecule has 0 aromatic carbocycles. The van der Waals surface area contributed by atoms with Gasteiger partial charge in [0.2, 0.25) is 5.91 Å². The Kier molecular flexibility index (Phi) is 3.38. The van der Waals surface area contributed by atoms with Crippen molar-refractivity contribution >= 4 is 18.5 Å². The maximum absolute atomic E-state index is 10.8. The Morgan fingerprint density at radius 1 is 1.82 bits per heavy atom. The van der Waals surface area contributed by atoms with E-state index in [9.17, 15) is 4.79 Å². The molecule has 0 rings (SSSR count). The first-order valence-electron chi connectivity index (χ1n) is 2.96. The van der Waals surface area contributed by atoms with E-state index in [4.69, 9.17) is 11.3 Å². The van der Waals surface area contributed by atoms with Crippen LogP contribution in [0.25, 0.3) is 10.4 Å². The second kappa shape index (κ2) is 3.61. The Morgan fingerprint density at radius 2 is 2.27 bits per heavy atom. The number of nitrogens with two attached hydrogens (primary N) is 1. The zero-order valence-electron chi connectivity index (χ0n) is 6.35. The van der Waals surface area contributed by atoms with Crippen LogP contribution in [0.15, 0.2) is 5.11 Å². The molecule has 0 saturated heterocycles. The first-order chi connectivity index (χ1) is 4.89. The summed E-state index contributed by atoms with van der Waals surface area (Å²) in [5, 5.41) is 2.86. The summed E-state index contributed by atoms with van der Waals surface area (Å²) in [5.41, 5.74) is 13.3. The summed E-state index contributed by atoms with van der Waals surface area (Å²) in [7, 11) is 0. The van der Waals surface area contributed by atoms with Gasteiger partial charge in [-0.25, -0.2) is 0 Å². The van der Waals surface area contributed by atoms with Gasteiger partial charge < -0.3 is 5.73 Å². The van der Waals surface area contributed by atoms with E-state index in [1.807, 2.05) is 0 Å². The molecule has 0 spiro atoms. The van der Waals surface area contributed by atoms with Crippen LogP contribution in [0, 0.1) is 0 Å². The standard InChI is InChI=1S/C5H10N4OS/c1-5(2,11)3(6)4(10)8-9-7/h3,11H,6H2,1-2H3/t3-/m1/s1. The summed E-state index contributed by atoms with van der Waals surface area (Å²) in [5.74, 6) is -0.687. The van der Waals surface area contributed by atoms with Crippen LogP contribution in [0.4, 0.5) is 0 Å². The fourth-order valence-corrected chi connectivity index (χ4v) is 0.519. The van der Waals surface area contributed by atoms with E-state index in [0.29, 0.717) is 0 Å². The topological polar surface area (TPSA) is 91.9 Å². The zero-order chi connectivity index (χ0) is 9.07. The minimum atomic E-state index is -0.860. The summed E-state index contributed by atoms with van der Waals surface area (Å²) in [6, 6.07) is -0.860. The molecule has 0 fully saturated rings. The third-order valence-electron chi connectivity index (χ3n) is 1.17. The van der Waals surface area contributed by atoms with Crippen LogP contribution in [0.3, 0.4) is 0 Å². The van der Waals surface area contributed by atoms with Gasteiger partial charge in [-0.1, -0.05) is 0 Å². The number of carbonyl (C=O) groups is 1. The van der Waals surface area contributed by atoms with Crippen LogP contribution in [0.5, 0.6) is 0 Å². The van der Waals surface area contributed by atoms with Gasteiger partial charge >= 0.3 is 0 Å². The van der Waals surface area contributed by atoms with E-state index >= 15 is 0 Å². The van der Waals surface area contributed by atoms with E-state index in [-0.39, 0.29) is 0 Å². The zero-order valence-corrected chi connectivity index (χ0v) is 7.25. The lowest BCUT2D eigenvalue weighted by atomic mass is 10.0. The van der Waals surface area contributed by atoms with Gasteiger partial charge in [-0.2, -0.15) is 12.6 Å². The SMILES string of the molecule is CC(C)(S)[C@H](N)C(=O)N=[N+]=[N-]. The average Bonchev–Trinajstić information content (AvgIpc) is 1.85. The number of hydrogen-bond donors (Lipinski definition) is 2. The normalized spacial score (nSPS) is 13.5. The van der Waals surface area contributed by atoms with Crippen molar-refractivity contribution in [1.29, 1.82) is 0 Å². The lowest BCUT2D eigenvalue weighted by Gasteiger charge is -2.22. The minimum Gasteiger partial charge on any atom is -0.320 e. The highest BCUT2D eigenvalue weighted by molar-refractivity contribution is 7.81. The molecule has 0 unspecified atom stereocenters. The second-order valence-corrected chi connectivity index (χ2v) is 3.81. The van der Waals surface area contributed by atoms with Gasteiger partial charge in [0.15, 0.2) is 0 Å². The van der Waals surface area contributed by atoms with Gasteiger partial charge in [-0.3, -0.25) is 4.79 Å². The summed E-state index contributed by atoms with van der Waals surface area (Å²) in [4.78, 5) is 13.1. The predicted molar refractivity (Wildman–Crippen MR) is 45.2 cm³/mol. The Hall–Kier alpha value is -0.710. The maximum atomic E-state index is 10.8. The molecule has 0 radical (unpaired) electrons. The van der Waals surface area contributed by atoms with Crippen LogP contribution in [0.2, 0.25) is 0 Å². The number of hydrogen-bond acceptors (Lipinski definition) is 3. The third kappa shape index (κ3) is 3.27. The lowest BCUT2D eigenvalue weighted by molar-refractivity contribution is -0.119. The molecule has 0 saturated carbocycles. The van der Waals surface area contributed by atoms with Gasteiger partial charge in [-0.15, -0.1) is 0 Å². The molecular formula is C5H10N4OS. The van der Waals surface area contributed by atoms with Crippen LogP contribution in [-0.4, -0.2) is 16.7 Å². The monoisotopic (exact) mass is 174 g/mol. The van der Waals surface area contributed by atoms with Crippen LogP contribution in [-0.2, 0) is 4.79 Å². The molecule has 1 atom stereocenters. The van der Waals surface area contributed by atoms with Crippen LogP contribution in [0.1, 0.15) is 13.8 Å². The summed E-state index contributed by atoms with van der Waals surface area (Å²) >= 11 is 4.05. The van der Waals surface area contributed by atoms with Crippen molar-refractivity contribution in [1.82, 2.24) is 0 Å². The smallest absolute Gasteiger partial charge is 0.236 e. The van der Waals surface area contributed by atoms with Crippen molar-refractivity contribution < 1.29 is 4.79 Å². The minimum absolute atomic E-state index is 0.661. The number of rotatable bonds is 2. The van der Waals surface area contributed by atoms with Crippen molar-refractivity contribution in [3.8, 4) is 0 Å². The molecule has 0 aliphatic rings. The number of nitrogens with zero attached hydrogens (tertiary/aromatic N) is 3. The van der Waals surface area contributed by atoms with Crippen molar-refractivity contribution in [3.05, 3.63) is 10.4 Å². The first kappa shape index (κ1) is 10.3. The summed E-state index contributed by atoms with van der Waals surface area (Å²) in [6.07, 6.45) is 0. The molecule has 11 heavy (non-hydrogen) atoms. The van der Waals surface area contributed by atoms with Crippen molar-refractivity contribution in [2.24, 2.45) is 10.8 Å². The first-order valence-corrected chi connectivity index (χ1v) is 3.41. The van der Waals surface area contributed by atoms with E-state index < -0.39 is 16.7 Å². The molecule has 1 amide bonds. The molecule has 2 N–H and O–H groups in total. The van der Waals surface area contributed by atoms with Crippen LogP contribution < -0.4 is 5.73 Å². The van der Waals surface area contributed by atoms with Crippen LogP contribution >= 0.6 is 12.6 Å². The van der Waals surface area contributed by atoms with Gasteiger partial charge in [0, 0.05) is 9.66 Å². The van der Waals surface area contributed by atoms with Gasteiger partial charge in [-0.05, 0) is 24.5 Å². The Bertz CT molecular complexity index is 203. The quantitative estimate of drug-likeness (QED) is 0.281. The number of carbonyl (C=O) groups excluding carboxylic acids is 1. The fourth-order valence-electron chi connectivity index (χ4n) is 0.408. The number of amides is 1. The van der Waals surface area contributed by atoms with E-state index in [1.54, 1.807) is 13.8 Å². The summed E-state index contributed by atoms with van der Waals surface area (Å²) in [6.45, 7) is 3.34. The molecule has 0 aromatic heterocycles. The molecule has 0 aliphatic carbocycles. The molecular weight excluding hydrogens is 164 g/mol. The van der Waals surface area contributed by atoms with Gasteiger partial charge in [0.25, 0.3) is 0 Å². The van der Waals surface area contributed by atoms with Crippen molar-refractivity contribution in [2.45, 2.75) is 24.6 Å². The van der Waals surface area contributed by atoms with Gasteiger partial charge in [0.1, 0.15) is 0 Å². The van der Waals surface area contributed by atoms with E-state index in [0.717, 1.165) is 0 Å². The van der Waals surface area contributed by atoms with Crippen molar-refractivity contribution in [2.75, 3.05) is 0 Å². The molecule has 0 heterocycles. The molecule has 0 aromatic rings.